The monoisotopic (exact) mass is 308 g/mol. The molecule has 0 aliphatic rings. The van der Waals surface area contributed by atoms with Gasteiger partial charge in [0.15, 0.2) is 0 Å². The summed E-state index contributed by atoms with van der Waals surface area (Å²) in [7, 11) is 0. The third-order valence-electron chi connectivity index (χ3n) is 3.47. The van der Waals surface area contributed by atoms with E-state index in [9.17, 15) is 9.90 Å². The highest BCUT2D eigenvalue weighted by atomic mass is 35.5. The summed E-state index contributed by atoms with van der Waals surface area (Å²) >= 11 is 12.3. The highest BCUT2D eigenvalue weighted by Crippen LogP contribution is 2.34. The Morgan fingerprint density at radius 3 is 2.10 bits per heavy atom. The van der Waals surface area contributed by atoms with Crippen LogP contribution < -0.4 is 0 Å². The van der Waals surface area contributed by atoms with E-state index in [-0.39, 0.29) is 6.42 Å². The topological polar surface area (TPSA) is 37.3 Å². The van der Waals surface area contributed by atoms with Gasteiger partial charge in [-0.15, -0.1) is 0 Å². The molecule has 0 aliphatic heterocycles. The maximum atomic E-state index is 11.8. The second-order valence-corrected chi connectivity index (χ2v) is 5.69. The normalized spacial score (nSPS) is 13.8. The van der Waals surface area contributed by atoms with Gasteiger partial charge in [-0.05, 0) is 36.6 Å². The van der Waals surface area contributed by atoms with Crippen LogP contribution in [-0.2, 0) is 16.6 Å². The van der Waals surface area contributed by atoms with E-state index in [1.807, 2.05) is 18.2 Å². The van der Waals surface area contributed by atoms with Crippen LogP contribution in [0.15, 0.2) is 48.5 Å². The fraction of sp³-hybridized carbons (Fsp3) is 0.188. The lowest BCUT2D eigenvalue weighted by atomic mass is 9.77. The second kappa shape index (κ2) is 5.86. The molecule has 2 aromatic carbocycles. The van der Waals surface area contributed by atoms with E-state index < -0.39 is 11.4 Å². The van der Waals surface area contributed by atoms with Crippen LogP contribution in [0.3, 0.4) is 0 Å². The van der Waals surface area contributed by atoms with Gasteiger partial charge in [0.1, 0.15) is 0 Å². The van der Waals surface area contributed by atoms with E-state index in [2.05, 4.69) is 0 Å². The lowest BCUT2D eigenvalue weighted by Crippen LogP contribution is -2.35. The molecule has 4 heteroatoms. The Kier molecular flexibility index (Phi) is 4.36. The third-order valence-corrected chi connectivity index (χ3v) is 4.18. The first kappa shape index (κ1) is 14.9. The van der Waals surface area contributed by atoms with Crippen molar-refractivity contribution in [2.24, 2.45) is 0 Å². The number of carboxylic acids is 1. The lowest BCUT2D eigenvalue weighted by molar-refractivity contribution is -0.143. The van der Waals surface area contributed by atoms with Crippen molar-refractivity contribution in [2.45, 2.75) is 18.8 Å². The average molecular weight is 309 g/mol. The van der Waals surface area contributed by atoms with Crippen molar-refractivity contribution in [1.29, 1.82) is 0 Å². The van der Waals surface area contributed by atoms with Gasteiger partial charge < -0.3 is 5.11 Å². The number of halogens is 2. The molecule has 0 heterocycles. The molecule has 0 fully saturated rings. The molecule has 2 rings (SSSR count). The minimum absolute atomic E-state index is 0.241. The molecule has 0 amide bonds. The van der Waals surface area contributed by atoms with E-state index >= 15 is 0 Å². The molecule has 0 saturated carbocycles. The summed E-state index contributed by atoms with van der Waals surface area (Å²) in [5.41, 5.74) is 0.309. The van der Waals surface area contributed by atoms with Gasteiger partial charge in [0.2, 0.25) is 0 Å². The maximum Gasteiger partial charge on any atom is 0.314 e. The number of benzene rings is 2. The molecule has 1 N–H and O–H groups in total. The molecular weight excluding hydrogens is 295 g/mol. The van der Waals surface area contributed by atoms with Crippen LogP contribution in [0.2, 0.25) is 10.0 Å². The zero-order chi connectivity index (χ0) is 14.8. The molecule has 0 bridgehead atoms. The van der Waals surface area contributed by atoms with Crippen LogP contribution in [0.5, 0.6) is 0 Å². The van der Waals surface area contributed by atoms with Crippen molar-refractivity contribution >= 4 is 29.2 Å². The Hall–Kier alpha value is -1.51. The fourth-order valence-electron chi connectivity index (χ4n) is 2.16. The molecule has 2 aromatic rings. The van der Waals surface area contributed by atoms with Crippen molar-refractivity contribution in [3.8, 4) is 0 Å². The Bertz CT molecular complexity index is 605. The third kappa shape index (κ3) is 2.82. The Morgan fingerprint density at radius 2 is 1.60 bits per heavy atom. The van der Waals surface area contributed by atoms with Gasteiger partial charge in [-0.2, -0.15) is 0 Å². The van der Waals surface area contributed by atoms with Crippen molar-refractivity contribution in [2.75, 3.05) is 0 Å². The first-order chi connectivity index (χ1) is 9.45. The predicted octanol–water partition coefficient (Wildman–Crippen LogP) is 4.58. The largest absolute Gasteiger partial charge is 0.481 e. The van der Waals surface area contributed by atoms with Crippen molar-refractivity contribution in [1.82, 2.24) is 0 Å². The highest BCUT2D eigenvalue weighted by molar-refractivity contribution is 6.36. The molecule has 0 radical (unpaired) electrons. The van der Waals surface area contributed by atoms with Gasteiger partial charge in [-0.25, -0.2) is 0 Å². The second-order valence-electron chi connectivity index (χ2n) is 4.88. The summed E-state index contributed by atoms with van der Waals surface area (Å²) in [6, 6.07) is 14.3. The van der Waals surface area contributed by atoms with Crippen LogP contribution in [0.4, 0.5) is 0 Å². The molecular formula is C16H14Cl2O2. The number of carbonyl (C=O) groups is 1. The van der Waals surface area contributed by atoms with Crippen LogP contribution in [-0.4, -0.2) is 11.1 Å². The van der Waals surface area contributed by atoms with Gasteiger partial charge in [0, 0.05) is 10.0 Å². The minimum Gasteiger partial charge on any atom is -0.481 e. The highest BCUT2D eigenvalue weighted by Gasteiger charge is 2.36. The van der Waals surface area contributed by atoms with Crippen molar-refractivity contribution in [3.63, 3.8) is 0 Å². The molecule has 2 nitrogen and oxygen atoms in total. The number of hydrogen-bond donors (Lipinski definition) is 1. The van der Waals surface area contributed by atoms with Gasteiger partial charge in [0.05, 0.1) is 5.41 Å². The zero-order valence-corrected chi connectivity index (χ0v) is 12.4. The van der Waals surface area contributed by atoms with E-state index in [1.165, 1.54) is 0 Å². The quantitative estimate of drug-likeness (QED) is 0.897. The van der Waals surface area contributed by atoms with Gasteiger partial charge >= 0.3 is 5.97 Å². The van der Waals surface area contributed by atoms with Crippen LogP contribution in [0, 0.1) is 0 Å². The first-order valence-corrected chi connectivity index (χ1v) is 6.92. The molecule has 0 aromatic heterocycles. The predicted molar refractivity (Wildman–Crippen MR) is 81.6 cm³/mol. The lowest BCUT2D eigenvalue weighted by Gasteiger charge is -2.26. The van der Waals surface area contributed by atoms with Crippen LogP contribution in [0.25, 0.3) is 0 Å². The number of aliphatic carboxylic acids is 1. The molecule has 104 valence electrons. The molecule has 1 atom stereocenters. The number of hydrogen-bond acceptors (Lipinski definition) is 1. The molecule has 1 unspecified atom stereocenters. The van der Waals surface area contributed by atoms with E-state index in [1.54, 1.807) is 37.3 Å². The SMILES string of the molecule is CC(Cc1c(Cl)cccc1Cl)(C(=O)O)c1ccccc1. The van der Waals surface area contributed by atoms with Crippen LogP contribution in [0.1, 0.15) is 18.1 Å². The standard InChI is InChI=1S/C16H14Cl2O2/c1-16(15(19)20,11-6-3-2-4-7-11)10-12-13(17)8-5-9-14(12)18/h2-9H,10H2,1H3,(H,19,20). The molecule has 0 spiro atoms. The summed E-state index contributed by atoms with van der Waals surface area (Å²) in [6.45, 7) is 1.68. The van der Waals surface area contributed by atoms with Crippen LogP contribution >= 0.6 is 23.2 Å². The van der Waals surface area contributed by atoms with Gasteiger partial charge in [0.25, 0.3) is 0 Å². The smallest absolute Gasteiger partial charge is 0.314 e. The fourth-order valence-corrected chi connectivity index (χ4v) is 2.69. The zero-order valence-electron chi connectivity index (χ0n) is 10.9. The average Bonchev–Trinajstić information content (AvgIpc) is 2.43. The summed E-state index contributed by atoms with van der Waals surface area (Å²) in [5, 5.41) is 10.6. The van der Waals surface area contributed by atoms with E-state index in [0.29, 0.717) is 15.6 Å². The van der Waals surface area contributed by atoms with Gasteiger partial charge in [-0.1, -0.05) is 59.6 Å². The maximum absolute atomic E-state index is 11.8. The Morgan fingerprint density at radius 1 is 1.05 bits per heavy atom. The minimum atomic E-state index is -1.07. The van der Waals surface area contributed by atoms with Crippen molar-refractivity contribution < 1.29 is 9.90 Å². The molecule has 0 aliphatic carbocycles. The molecule has 20 heavy (non-hydrogen) atoms. The summed E-state index contributed by atoms with van der Waals surface area (Å²) in [4.78, 5) is 11.8. The summed E-state index contributed by atoms with van der Waals surface area (Å²) in [5.74, 6) is -0.903. The van der Waals surface area contributed by atoms with Gasteiger partial charge in [-0.3, -0.25) is 4.79 Å². The first-order valence-electron chi connectivity index (χ1n) is 6.17. The summed E-state index contributed by atoms with van der Waals surface area (Å²) in [6.07, 6.45) is 0.241. The van der Waals surface area contributed by atoms with Crippen molar-refractivity contribution in [3.05, 3.63) is 69.7 Å². The summed E-state index contributed by atoms with van der Waals surface area (Å²) < 4.78 is 0. The number of rotatable bonds is 4. The van der Waals surface area contributed by atoms with E-state index in [0.717, 1.165) is 5.56 Å². The molecule has 0 saturated heterocycles. The Balaban J connectivity index is 2.48. The number of carboxylic acid groups (broad SMARTS) is 1. The Labute approximate surface area is 128 Å². The van der Waals surface area contributed by atoms with E-state index in [4.69, 9.17) is 23.2 Å².